The molecule has 3 N–H and O–H groups in total. The van der Waals surface area contributed by atoms with Gasteiger partial charge in [0.15, 0.2) is 0 Å². The van der Waals surface area contributed by atoms with E-state index >= 15 is 0 Å². The summed E-state index contributed by atoms with van der Waals surface area (Å²) in [4.78, 5) is 24.5. The monoisotopic (exact) mass is 244 g/mol. The Bertz CT molecular complexity index is 293. The van der Waals surface area contributed by atoms with Gasteiger partial charge < -0.3 is 15.7 Å². The molecule has 0 aromatic heterocycles. The van der Waals surface area contributed by atoms with Crippen LogP contribution in [0, 0.1) is 5.41 Å². The third-order valence-corrected chi connectivity index (χ3v) is 2.69. The maximum absolute atomic E-state index is 12.3. The fourth-order valence-electron chi connectivity index (χ4n) is 1.40. The summed E-state index contributed by atoms with van der Waals surface area (Å²) in [5, 5.41) is 8.71. The van der Waals surface area contributed by atoms with E-state index in [1.165, 1.54) is 0 Å². The maximum Gasteiger partial charge on any atom is 0.305 e. The summed E-state index contributed by atoms with van der Waals surface area (Å²) < 4.78 is 0. The minimum atomic E-state index is -0.905. The number of nitrogens with two attached hydrogens (primary N) is 1. The molecule has 0 bridgehead atoms. The summed E-state index contributed by atoms with van der Waals surface area (Å²) in [6, 6.07) is 0. The lowest BCUT2D eigenvalue weighted by atomic mass is 9.89. The van der Waals surface area contributed by atoms with Gasteiger partial charge in [0.25, 0.3) is 0 Å². The van der Waals surface area contributed by atoms with Gasteiger partial charge in [-0.1, -0.05) is 0 Å². The highest BCUT2D eigenvalue weighted by Gasteiger charge is 2.36. The molecular weight excluding hydrogens is 220 g/mol. The summed E-state index contributed by atoms with van der Waals surface area (Å²) in [5.74, 6) is -1.01. The highest BCUT2D eigenvalue weighted by Crippen LogP contribution is 2.23. The molecule has 0 aromatic rings. The Morgan fingerprint density at radius 1 is 1.18 bits per heavy atom. The van der Waals surface area contributed by atoms with Crippen molar-refractivity contribution in [2.45, 2.75) is 46.6 Å². The average molecular weight is 244 g/mol. The van der Waals surface area contributed by atoms with Crippen molar-refractivity contribution in [2.75, 3.05) is 13.1 Å². The first kappa shape index (κ1) is 15.9. The smallest absolute Gasteiger partial charge is 0.305 e. The molecule has 0 aliphatic heterocycles. The van der Waals surface area contributed by atoms with Gasteiger partial charge >= 0.3 is 5.97 Å². The summed E-state index contributed by atoms with van der Waals surface area (Å²) in [5.41, 5.74) is 4.52. The molecule has 0 heterocycles. The van der Waals surface area contributed by atoms with Crippen molar-refractivity contribution < 1.29 is 14.7 Å². The molecule has 0 radical (unpaired) electrons. The van der Waals surface area contributed by atoms with Gasteiger partial charge in [0.1, 0.15) is 0 Å². The topological polar surface area (TPSA) is 83.6 Å². The molecule has 0 saturated carbocycles. The molecule has 0 fully saturated rings. The number of carboxylic acids is 1. The van der Waals surface area contributed by atoms with Gasteiger partial charge in [0.2, 0.25) is 5.91 Å². The third kappa shape index (κ3) is 4.73. The van der Waals surface area contributed by atoms with Gasteiger partial charge in [-0.15, -0.1) is 0 Å². The maximum atomic E-state index is 12.3. The van der Waals surface area contributed by atoms with E-state index in [1.54, 1.807) is 18.7 Å². The van der Waals surface area contributed by atoms with Crippen LogP contribution in [0.15, 0.2) is 0 Å². The van der Waals surface area contributed by atoms with E-state index in [4.69, 9.17) is 10.8 Å². The van der Waals surface area contributed by atoms with Crippen molar-refractivity contribution in [3.05, 3.63) is 0 Å². The number of hydrogen-bond donors (Lipinski definition) is 2. The van der Waals surface area contributed by atoms with E-state index in [2.05, 4.69) is 0 Å². The second-order valence-corrected chi connectivity index (χ2v) is 5.86. The number of carboxylic acid groups (broad SMARTS) is 1. The van der Waals surface area contributed by atoms with Crippen molar-refractivity contribution in [1.82, 2.24) is 4.90 Å². The summed E-state index contributed by atoms with van der Waals surface area (Å²) in [6.45, 7) is 9.66. The van der Waals surface area contributed by atoms with Gasteiger partial charge in [-0.25, -0.2) is 0 Å². The molecule has 0 unspecified atom stereocenters. The van der Waals surface area contributed by atoms with Crippen LogP contribution in [-0.2, 0) is 9.59 Å². The Labute approximate surface area is 103 Å². The van der Waals surface area contributed by atoms with Crippen LogP contribution in [0.4, 0.5) is 0 Å². The zero-order valence-corrected chi connectivity index (χ0v) is 11.4. The van der Waals surface area contributed by atoms with E-state index in [9.17, 15) is 9.59 Å². The van der Waals surface area contributed by atoms with E-state index < -0.39 is 16.9 Å². The highest BCUT2D eigenvalue weighted by molar-refractivity contribution is 5.83. The number of aliphatic carboxylic acids is 1. The molecule has 0 spiro atoms. The lowest BCUT2D eigenvalue weighted by Gasteiger charge is -2.40. The molecule has 100 valence electrons. The Morgan fingerprint density at radius 2 is 1.65 bits per heavy atom. The van der Waals surface area contributed by atoms with Crippen LogP contribution in [0.5, 0.6) is 0 Å². The summed E-state index contributed by atoms with van der Waals surface area (Å²) >= 11 is 0. The van der Waals surface area contributed by atoms with Crippen LogP contribution < -0.4 is 5.73 Å². The SMILES string of the molecule is CC(C)(CN)C(=O)N(CCC(=O)O)C(C)(C)C. The van der Waals surface area contributed by atoms with Crippen LogP contribution in [0.25, 0.3) is 0 Å². The average Bonchev–Trinajstić information content (AvgIpc) is 2.15. The Hall–Kier alpha value is -1.10. The van der Waals surface area contributed by atoms with Crippen LogP contribution in [-0.4, -0.2) is 40.5 Å². The zero-order valence-electron chi connectivity index (χ0n) is 11.4. The normalized spacial score (nSPS) is 12.4. The highest BCUT2D eigenvalue weighted by atomic mass is 16.4. The Balaban J connectivity index is 4.94. The predicted octanol–water partition coefficient (Wildman–Crippen LogP) is 1.07. The van der Waals surface area contributed by atoms with Gasteiger partial charge in [-0.05, 0) is 34.6 Å². The van der Waals surface area contributed by atoms with Crippen molar-refractivity contribution in [3.63, 3.8) is 0 Å². The molecular formula is C12H24N2O3. The number of hydrogen-bond acceptors (Lipinski definition) is 3. The Morgan fingerprint density at radius 3 is 1.94 bits per heavy atom. The second-order valence-electron chi connectivity index (χ2n) is 5.86. The molecule has 1 amide bonds. The fraction of sp³-hybridized carbons (Fsp3) is 0.833. The van der Waals surface area contributed by atoms with Crippen molar-refractivity contribution in [3.8, 4) is 0 Å². The van der Waals surface area contributed by atoms with E-state index in [-0.39, 0.29) is 25.4 Å². The first-order valence-electron chi connectivity index (χ1n) is 5.76. The first-order chi connectivity index (χ1) is 7.52. The molecule has 5 heteroatoms. The van der Waals surface area contributed by atoms with Gasteiger partial charge in [-0.2, -0.15) is 0 Å². The number of amides is 1. The minimum Gasteiger partial charge on any atom is -0.481 e. The van der Waals surface area contributed by atoms with Crippen LogP contribution in [0.3, 0.4) is 0 Å². The summed E-state index contributed by atoms with van der Waals surface area (Å²) in [7, 11) is 0. The largest absolute Gasteiger partial charge is 0.481 e. The van der Waals surface area contributed by atoms with E-state index in [0.29, 0.717) is 0 Å². The van der Waals surface area contributed by atoms with Crippen molar-refractivity contribution in [2.24, 2.45) is 11.1 Å². The lowest BCUT2D eigenvalue weighted by Crippen LogP contribution is -2.53. The standard InChI is InChI=1S/C12H24N2O3/c1-11(2,3)14(7-6-9(15)16)10(17)12(4,5)8-13/h6-8,13H2,1-5H3,(H,15,16). The molecule has 0 saturated heterocycles. The molecule has 5 nitrogen and oxygen atoms in total. The lowest BCUT2D eigenvalue weighted by molar-refractivity contribution is -0.146. The number of nitrogens with zero attached hydrogens (tertiary/aromatic N) is 1. The molecule has 0 aliphatic rings. The Kier molecular flexibility index (Phi) is 5.13. The van der Waals surface area contributed by atoms with Gasteiger partial charge in [0.05, 0.1) is 11.8 Å². The third-order valence-electron chi connectivity index (χ3n) is 2.69. The molecule has 17 heavy (non-hydrogen) atoms. The minimum absolute atomic E-state index is 0.0519. The second kappa shape index (κ2) is 5.49. The quantitative estimate of drug-likeness (QED) is 0.757. The van der Waals surface area contributed by atoms with E-state index in [0.717, 1.165) is 0 Å². The zero-order chi connectivity index (χ0) is 13.9. The summed E-state index contributed by atoms with van der Waals surface area (Å²) in [6.07, 6.45) is -0.0519. The van der Waals surface area contributed by atoms with Gasteiger partial charge in [0, 0.05) is 18.6 Å². The van der Waals surface area contributed by atoms with Crippen molar-refractivity contribution >= 4 is 11.9 Å². The molecule has 0 aromatic carbocycles. The van der Waals surface area contributed by atoms with Crippen LogP contribution in [0.1, 0.15) is 41.0 Å². The number of carbonyl (C=O) groups excluding carboxylic acids is 1. The molecule has 0 atom stereocenters. The molecule has 0 aliphatic carbocycles. The molecule has 0 rings (SSSR count). The number of carbonyl (C=O) groups is 2. The van der Waals surface area contributed by atoms with Crippen molar-refractivity contribution in [1.29, 1.82) is 0 Å². The fourth-order valence-corrected chi connectivity index (χ4v) is 1.40. The van der Waals surface area contributed by atoms with Gasteiger partial charge in [-0.3, -0.25) is 9.59 Å². The number of rotatable bonds is 5. The predicted molar refractivity (Wildman–Crippen MR) is 66.6 cm³/mol. The van der Waals surface area contributed by atoms with E-state index in [1.807, 2.05) is 20.8 Å². The first-order valence-corrected chi connectivity index (χ1v) is 5.76. The van der Waals surface area contributed by atoms with Crippen LogP contribution in [0.2, 0.25) is 0 Å². The van der Waals surface area contributed by atoms with Crippen LogP contribution >= 0.6 is 0 Å².